The normalized spacial score (nSPS) is 35.3. The van der Waals surface area contributed by atoms with E-state index in [2.05, 4.69) is 17.1 Å². The molecule has 1 atom stereocenters. The maximum absolute atomic E-state index is 12.7. The summed E-state index contributed by atoms with van der Waals surface area (Å²) in [5, 5.41) is 3.73. The topological polar surface area (TPSA) is 32.3 Å². The number of rotatable bonds is 4. The molecular weight excluding hydrogens is 236 g/mol. The van der Waals surface area contributed by atoms with Crippen molar-refractivity contribution >= 4 is 5.91 Å². The number of carbonyl (C=O) groups is 1. The van der Waals surface area contributed by atoms with Gasteiger partial charge in [-0.3, -0.25) is 10.1 Å². The number of nitrogens with zero attached hydrogens (tertiary/aromatic N) is 1. The Labute approximate surface area is 116 Å². The lowest BCUT2D eigenvalue weighted by molar-refractivity contribution is -0.132. The van der Waals surface area contributed by atoms with Crippen molar-refractivity contribution < 1.29 is 4.79 Å². The summed E-state index contributed by atoms with van der Waals surface area (Å²) >= 11 is 0. The highest BCUT2D eigenvalue weighted by atomic mass is 16.2. The van der Waals surface area contributed by atoms with Gasteiger partial charge in [-0.05, 0) is 56.3 Å². The van der Waals surface area contributed by atoms with Crippen LogP contribution < -0.4 is 5.32 Å². The molecule has 19 heavy (non-hydrogen) atoms. The second-order valence-electron chi connectivity index (χ2n) is 7.50. The van der Waals surface area contributed by atoms with Crippen LogP contribution in [-0.4, -0.2) is 29.1 Å². The smallest absolute Gasteiger partial charge is 0.244 e. The van der Waals surface area contributed by atoms with Crippen LogP contribution >= 0.6 is 0 Å². The molecule has 1 unspecified atom stereocenters. The lowest BCUT2D eigenvalue weighted by atomic mass is 9.99. The van der Waals surface area contributed by atoms with Gasteiger partial charge in [-0.25, -0.2) is 0 Å². The molecule has 4 fully saturated rings. The second-order valence-corrected chi connectivity index (χ2v) is 7.50. The fraction of sp³-hybridized carbons (Fsp3) is 0.938. The Morgan fingerprint density at radius 1 is 1.21 bits per heavy atom. The molecule has 1 aliphatic heterocycles. The molecule has 3 nitrogen and oxygen atoms in total. The molecule has 1 spiro atoms. The summed E-state index contributed by atoms with van der Waals surface area (Å²) in [6, 6.07) is 0. The van der Waals surface area contributed by atoms with Crippen molar-refractivity contribution in [1.82, 2.24) is 10.2 Å². The van der Waals surface area contributed by atoms with Crippen LogP contribution in [0.3, 0.4) is 0 Å². The Morgan fingerprint density at radius 3 is 2.42 bits per heavy atom. The van der Waals surface area contributed by atoms with E-state index in [0.717, 1.165) is 25.3 Å². The van der Waals surface area contributed by atoms with Gasteiger partial charge in [0.05, 0.1) is 11.7 Å². The zero-order valence-electron chi connectivity index (χ0n) is 12.1. The van der Waals surface area contributed by atoms with E-state index in [9.17, 15) is 4.79 Å². The van der Waals surface area contributed by atoms with Crippen molar-refractivity contribution in [3.63, 3.8) is 0 Å². The quantitative estimate of drug-likeness (QED) is 0.845. The van der Waals surface area contributed by atoms with E-state index in [-0.39, 0.29) is 5.54 Å². The number of hydrogen-bond acceptors (Lipinski definition) is 2. The number of nitrogens with one attached hydrogen (secondary N) is 1. The maximum atomic E-state index is 12.7. The highest BCUT2D eigenvalue weighted by Crippen LogP contribution is 2.52. The molecule has 0 aromatic rings. The molecule has 106 valence electrons. The average molecular weight is 262 g/mol. The van der Waals surface area contributed by atoms with Gasteiger partial charge in [-0.1, -0.05) is 19.8 Å². The third-order valence-electron chi connectivity index (χ3n) is 6.24. The Hall–Kier alpha value is -0.570. The summed E-state index contributed by atoms with van der Waals surface area (Å²) < 4.78 is 0. The van der Waals surface area contributed by atoms with Gasteiger partial charge in [-0.2, -0.15) is 0 Å². The lowest BCUT2D eigenvalue weighted by Crippen LogP contribution is -2.45. The van der Waals surface area contributed by atoms with E-state index in [1.807, 2.05) is 0 Å². The zero-order chi connectivity index (χ0) is 13.1. The van der Waals surface area contributed by atoms with Gasteiger partial charge in [0, 0.05) is 6.54 Å². The summed E-state index contributed by atoms with van der Waals surface area (Å²) in [6.45, 7) is 3.32. The van der Waals surface area contributed by atoms with Gasteiger partial charge in [0.25, 0.3) is 0 Å². The van der Waals surface area contributed by atoms with Crippen molar-refractivity contribution in [2.75, 3.05) is 6.54 Å². The molecule has 3 aliphatic carbocycles. The van der Waals surface area contributed by atoms with Crippen LogP contribution in [0.5, 0.6) is 0 Å². The van der Waals surface area contributed by atoms with E-state index in [0.29, 0.717) is 17.5 Å². The summed E-state index contributed by atoms with van der Waals surface area (Å²) in [5.74, 6) is 1.15. The van der Waals surface area contributed by atoms with Crippen LogP contribution in [-0.2, 0) is 4.79 Å². The monoisotopic (exact) mass is 262 g/mol. The molecule has 3 heteroatoms. The van der Waals surface area contributed by atoms with Gasteiger partial charge in [-0.15, -0.1) is 0 Å². The highest BCUT2D eigenvalue weighted by molar-refractivity contribution is 5.92. The van der Waals surface area contributed by atoms with Crippen LogP contribution in [0.4, 0.5) is 0 Å². The third-order valence-corrected chi connectivity index (χ3v) is 6.24. The van der Waals surface area contributed by atoms with Crippen molar-refractivity contribution in [3.05, 3.63) is 0 Å². The molecular formula is C16H26N2O. The lowest BCUT2D eigenvalue weighted by Gasteiger charge is -2.32. The summed E-state index contributed by atoms with van der Waals surface area (Å²) in [5.41, 5.74) is 0.367. The molecule has 0 radical (unpaired) electrons. The Kier molecular flexibility index (Phi) is 2.55. The SMILES string of the molecule is CCC1(CN2C(=O)C3(CC3)NC2C2CCCC2)CC1. The van der Waals surface area contributed by atoms with E-state index in [1.54, 1.807) is 0 Å². The van der Waals surface area contributed by atoms with Crippen molar-refractivity contribution in [1.29, 1.82) is 0 Å². The van der Waals surface area contributed by atoms with E-state index in [4.69, 9.17) is 0 Å². The summed E-state index contributed by atoms with van der Waals surface area (Å²) in [6.07, 6.45) is 11.8. The zero-order valence-corrected chi connectivity index (χ0v) is 12.1. The molecule has 1 N–H and O–H groups in total. The van der Waals surface area contributed by atoms with E-state index in [1.165, 1.54) is 44.9 Å². The Bertz CT molecular complexity index is 392. The number of hydrogen-bond donors (Lipinski definition) is 1. The number of carbonyl (C=O) groups excluding carboxylic acids is 1. The molecule has 0 aromatic carbocycles. The van der Waals surface area contributed by atoms with Crippen LogP contribution in [0, 0.1) is 11.3 Å². The molecule has 3 saturated carbocycles. The Balaban J connectivity index is 1.55. The van der Waals surface area contributed by atoms with Crippen LogP contribution in [0.25, 0.3) is 0 Å². The molecule has 4 rings (SSSR count). The molecule has 4 aliphatic rings. The average Bonchev–Trinajstić information content (AvgIpc) is 3.30. The minimum atomic E-state index is -0.114. The second kappa shape index (κ2) is 3.97. The fourth-order valence-electron chi connectivity index (χ4n) is 4.28. The maximum Gasteiger partial charge on any atom is 0.244 e. The third kappa shape index (κ3) is 1.84. The van der Waals surface area contributed by atoms with Crippen molar-refractivity contribution in [2.24, 2.45) is 11.3 Å². The standard InChI is InChI=1S/C16H26N2O/c1-2-15(7-8-15)11-18-13(12-5-3-4-6-12)17-16(9-10-16)14(18)19/h12-13,17H,2-11H2,1H3. The first-order chi connectivity index (χ1) is 9.18. The minimum absolute atomic E-state index is 0.114. The first kappa shape index (κ1) is 12.2. The van der Waals surface area contributed by atoms with Crippen LogP contribution in [0.15, 0.2) is 0 Å². The minimum Gasteiger partial charge on any atom is -0.325 e. The molecule has 0 bridgehead atoms. The van der Waals surface area contributed by atoms with Gasteiger partial charge in [0.1, 0.15) is 0 Å². The Morgan fingerprint density at radius 2 is 1.89 bits per heavy atom. The largest absolute Gasteiger partial charge is 0.325 e. The summed E-state index contributed by atoms with van der Waals surface area (Å²) in [7, 11) is 0. The highest BCUT2D eigenvalue weighted by Gasteiger charge is 2.61. The van der Waals surface area contributed by atoms with Crippen molar-refractivity contribution in [2.45, 2.75) is 76.4 Å². The molecule has 1 amide bonds. The first-order valence-corrected chi connectivity index (χ1v) is 8.27. The molecule has 1 saturated heterocycles. The summed E-state index contributed by atoms with van der Waals surface area (Å²) in [4.78, 5) is 15.0. The molecule has 0 aromatic heterocycles. The van der Waals surface area contributed by atoms with Gasteiger partial charge in [0.2, 0.25) is 5.91 Å². The number of amides is 1. The van der Waals surface area contributed by atoms with E-state index >= 15 is 0 Å². The predicted molar refractivity (Wildman–Crippen MR) is 74.5 cm³/mol. The van der Waals surface area contributed by atoms with Gasteiger partial charge in [0.15, 0.2) is 0 Å². The van der Waals surface area contributed by atoms with Crippen LogP contribution in [0.2, 0.25) is 0 Å². The first-order valence-electron chi connectivity index (χ1n) is 8.27. The van der Waals surface area contributed by atoms with E-state index < -0.39 is 0 Å². The van der Waals surface area contributed by atoms with Crippen LogP contribution in [0.1, 0.15) is 64.7 Å². The molecule has 1 heterocycles. The van der Waals surface area contributed by atoms with Gasteiger partial charge < -0.3 is 4.90 Å². The van der Waals surface area contributed by atoms with Crippen molar-refractivity contribution in [3.8, 4) is 0 Å². The predicted octanol–water partition coefficient (Wildman–Crippen LogP) is 2.66. The van der Waals surface area contributed by atoms with Gasteiger partial charge >= 0.3 is 0 Å². The fourth-order valence-corrected chi connectivity index (χ4v) is 4.28.